The maximum atomic E-state index is 5.36. The first-order valence-corrected chi connectivity index (χ1v) is 4.87. The van der Waals surface area contributed by atoms with Gasteiger partial charge in [0.25, 0.3) is 11.8 Å². The number of nitrogens with zero attached hydrogens (tertiary/aromatic N) is 4. The van der Waals surface area contributed by atoms with Crippen molar-refractivity contribution in [2.75, 3.05) is 5.73 Å². The van der Waals surface area contributed by atoms with Crippen molar-refractivity contribution in [2.45, 2.75) is 19.8 Å². The lowest BCUT2D eigenvalue weighted by Crippen LogP contribution is -1.91. The molecule has 0 unspecified atom stereocenters. The molecule has 0 fully saturated rings. The minimum absolute atomic E-state index is 0.128. The topological polar surface area (TPSA) is 90.7 Å². The largest absolute Gasteiger partial charge is 0.365 e. The maximum Gasteiger partial charge on any atom is 0.273 e. The molecule has 2 rings (SSSR count). The highest BCUT2D eigenvalue weighted by Gasteiger charge is 2.18. The van der Waals surface area contributed by atoms with Gasteiger partial charge < -0.3 is 10.3 Å². The Bertz CT molecular complexity index is 435. The van der Waals surface area contributed by atoms with Crippen molar-refractivity contribution < 1.29 is 4.52 Å². The molecule has 14 heavy (non-hydrogen) atoms. The number of hydrogen-bond acceptors (Lipinski definition) is 7. The van der Waals surface area contributed by atoms with Crippen LogP contribution in [0.3, 0.4) is 0 Å². The number of hydrogen-bond donors (Lipinski definition) is 1. The van der Waals surface area contributed by atoms with E-state index in [9.17, 15) is 0 Å². The Kier molecular flexibility index (Phi) is 2.16. The van der Waals surface area contributed by atoms with Crippen molar-refractivity contribution in [3.05, 3.63) is 5.69 Å². The van der Waals surface area contributed by atoms with E-state index in [0.29, 0.717) is 5.89 Å². The van der Waals surface area contributed by atoms with Gasteiger partial charge in [-0.25, -0.2) is 0 Å². The van der Waals surface area contributed by atoms with E-state index in [-0.39, 0.29) is 11.9 Å². The van der Waals surface area contributed by atoms with Gasteiger partial charge in [-0.15, -0.1) is 5.10 Å². The third-order valence-corrected chi connectivity index (χ3v) is 2.43. The van der Waals surface area contributed by atoms with Gasteiger partial charge in [-0.05, 0) is 22.6 Å². The van der Waals surface area contributed by atoms with Crippen LogP contribution in [0.5, 0.6) is 0 Å². The predicted molar refractivity (Wildman–Crippen MR) is 51.7 cm³/mol. The molecule has 0 spiro atoms. The molecule has 0 aliphatic carbocycles. The van der Waals surface area contributed by atoms with Gasteiger partial charge in [0.15, 0.2) is 0 Å². The van der Waals surface area contributed by atoms with Crippen LogP contribution in [0.2, 0.25) is 0 Å². The van der Waals surface area contributed by atoms with Gasteiger partial charge in [-0.3, -0.25) is 0 Å². The molecule has 0 amide bonds. The Morgan fingerprint density at radius 2 is 2.21 bits per heavy atom. The van der Waals surface area contributed by atoms with Crippen LogP contribution in [-0.2, 0) is 0 Å². The van der Waals surface area contributed by atoms with E-state index in [1.807, 2.05) is 13.8 Å². The molecule has 7 heteroatoms. The Morgan fingerprint density at radius 3 is 2.79 bits per heavy atom. The number of rotatable bonds is 2. The average molecular weight is 211 g/mol. The zero-order chi connectivity index (χ0) is 10.1. The minimum Gasteiger partial charge on any atom is -0.365 e. The van der Waals surface area contributed by atoms with Crippen LogP contribution in [0.1, 0.15) is 25.5 Å². The van der Waals surface area contributed by atoms with Gasteiger partial charge >= 0.3 is 0 Å². The summed E-state index contributed by atoms with van der Waals surface area (Å²) in [4.78, 5) is 4.72. The summed E-state index contributed by atoms with van der Waals surface area (Å²) in [5.74, 6) is 0.793. The fourth-order valence-electron chi connectivity index (χ4n) is 1.05. The van der Waals surface area contributed by atoms with Crippen molar-refractivity contribution in [1.82, 2.24) is 19.7 Å². The van der Waals surface area contributed by atoms with Crippen LogP contribution >= 0.6 is 11.5 Å². The van der Waals surface area contributed by atoms with Crippen LogP contribution in [0.4, 0.5) is 5.95 Å². The Morgan fingerprint density at radius 1 is 1.43 bits per heavy atom. The summed E-state index contributed by atoms with van der Waals surface area (Å²) in [6, 6.07) is 0. The molecule has 0 aliphatic heterocycles. The lowest BCUT2D eigenvalue weighted by atomic mass is 10.1. The Labute approximate surface area is 84.3 Å². The molecule has 74 valence electrons. The van der Waals surface area contributed by atoms with Crippen LogP contribution in [0.25, 0.3) is 10.8 Å². The zero-order valence-electron chi connectivity index (χ0n) is 7.76. The first kappa shape index (κ1) is 9.07. The SMILES string of the molecule is CC(C)c1nnsc1-c1nc(N)no1. The molecule has 0 radical (unpaired) electrons. The normalized spacial score (nSPS) is 11.1. The summed E-state index contributed by atoms with van der Waals surface area (Å²) in [6.45, 7) is 4.06. The van der Waals surface area contributed by atoms with Crippen LogP contribution in [0, 0.1) is 0 Å². The Hall–Kier alpha value is -1.50. The quantitative estimate of drug-likeness (QED) is 0.804. The highest BCUT2D eigenvalue weighted by molar-refractivity contribution is 7.09. The second-order valence-corrected chi connectivity index (χ2v) is 3.85. The highest BCUT2D eigenvalue weighted by Crippen LogP contribution is 2.29. The summed E-state index contributed by atoms with van der Waals surface area (Å²) in [5, 5.41) is 7.52. The molecule has 0 bridgehead atoms. The smallest absolute Gasteiger partial charge is 0.273 e. The first-order valence-electron chi connectivity index (χ1n) is 4.10. The number of anilines is 1. The van der Waals surface area contributed by atoms with Crippen molar-refractivity contribution in [3.8, 4) is 10.8 Å². The monoisotopic (exact) mass is 211 g/mol. The third kappa shape index (κ3) is 1.46. The standard InChI is InChI=1S/C7H9N5OS/c1-3(2)4-5(14-12-10-4)6-9-7(8)11-13-6/h3H,1-2H3,(H2,8,11). The fourth-order valence-corrected chi connectivity index (χ4v) is 1.79. The number of aromatic nitrogens is 4. The van der Waals surface area contributed by atoms with E-state index in [4.69, 9.17) is 10.3 Å². The predicted octanol–water partition coefficient (Wildman–Crippen LogP) is 1.29. The van der Waals surface area contributed by atoms with Crippen LogP contribution in [-0.4, -0.2) is 19.7 Å². The highest BCUT2D eigenvalue weighted by atomic mass is 32.1. The van der Waals surface area contributed by atoms with E-state index in [1.165, 1.54) is 11.5 Å². The maximum absolute atomic E-state index is 5.36. The van der Waals surface area contributed by atoms with Gasteiger partial charge in [0.2, 0.25) is 0 Å². The van der Waals surface area contributed by atoms with E-state index in [2.05, 4.69) is 19.7 Å². The Balaban J connectivity index is 2.46. The van der Waals surface area contributed by atoms with Crippen LogP contribution < -0.4 is 5.73 Å². The van der Waals surface area contributed by atoms with Crippen LogP contribution in [0.15, 0.2) is 4.52 Å². The molecule has 0 aromatic carbocycles. The molecular formula is C7H9N5OS. The second kappa shape index (κ2) is 3.33. The second-order valence-electron chi connectivity index (χ2n) is 3.10. The average Bonchev–Trinajstić information content (AvgIpc) is 2.70. The summed E-state index contributed by atoms with van der Waals surface area (Å²) < 4.78 is 8.80. The summed E-state index contributed by atoms with van der Waals surface area (Å²) in [6.07, 6.45) is 0. The molecule has 2 aromatic rings. The van der Waals surface area contributed by atoms with E-state index < -0.39 is 0 Å². The molecule has 0 aliphatic rings. The molecule has 2 N–H and O–H groups in total. The molecule has 0 saturated carbocycles. The number of nitrogens with two attached hydrogens (primary N) is 1. The van der Waals surface area contributed by atoms with Gasteiger partial charge in [-0.1, -0.05) is 18.3 Å². The van der Waals surface area contributed by atoms with Crippen molar-refractivity contribution in [1.29, 1.82) is 0 Å². The molecule has 2 aromatic heterocycles. The minimum atomic E-state index is 0.128. The van der Waals surface area contributed by atoms with E-state index in [0.717, 1.165) is 10.6 Å². The third-order valence-electron chi connectivity index (χ3n) is 1.70. The van der Waals surface area contributed by atoms with Gasteiger partial charge in [0.05, 0.1) is 5.69 Å². The van der Waals surface area contributed by atoms with E-state index in [1.54, 1.807) is 0 Å². The lowest BCUT2D eigenvalue weighted by molar-refractivity contribution is 0.433. The molecule has 2 heterocycles. The zero-order valence-corrected chi connectivity index (χ0v) is 8.58. The fraction of sp³-hybridized carbons (Fsp3) is 0.429. The summed E-state index contributed by atoms with van der Waals surface area (Å²) in [5.41, 5.74) is 6.22. The summed E-state index contributed by atoms with van der Waals surface area (Å²) in [7, 11) is 0. The molecule has 0 atom stereocenters. The summed E-state index contributed by atoms with van der Waals surface area (Å²) >= 11 is 1.23. The van der Waals surface area contributed by atoms with E-state index >= 15 is 0 Å². The van der Waals surface area contributed by atoms with Crippen molar-refractivity contribution in [3.63, 3.8) is 0 Å². The molecular weight excluding hydrogens is 202 g/mol. The van der Waals surface area contributed by atoms with Gasteiger partial charge in [0, 0.05) is 0 Å². The van der Waals surface area contributed by atoms with Crippen molar-refractivity contribution >= 4 is 17.5 Å². The van der Waals surface area contributed by atoms with Gasteiger partial charge in [0.1, 0.15) is 4.88 Å². The first-order chi connectivity index (χ1) is 6.68. The van der Waals surface area contributed by atoms with Crippen molar-refractivity contribution in [2.24, 2.45) is 0 Å². The lowest BCUT2D eigenvalue weighted by Gasteiger charge is -1.98. The number of nitrogen functional groups attached to an aromatic ring is 1. The molecule has 6 nitrogen and oxygen atoms in total. The van der Waals surface area contributed by atoms with Gasteiger partial charge in [-0.2, -0.15) is 4.98 Å². The molecule has 0 saturated heterocycles.